The Bertz CT molecular complexity index is 573. The summed E-state index contributed by atoms with van der Waals surface area (Å²) < 4.78 is 5.50. The van der Waals surface area contributed by atoms with Crippen LogP contribution in [0.25, 0.3) is 0 Å². The lowest BCUT2D eigenvalue weighted by atomic mass is 10.1. The van der Waals surface area contributed by atoms with Gasteiger partial charge >= 0.3 is 6.09 Å². The van der Waals surface area contributed by atoms with E-state index in [1.54, 1.807) is 6.07 Å². The zero-order valence-corrected chi connectivity index (χ0v) is 16.1. The minimum Gasteiger partial charge on any atom is -0.444 e. The maximum absolute atomic E-state index is 12.3. The average Bonchev–Trinajstić information content (AvgIpc) is 2.72. The second-order valence-electron chi connectivity index (χ2n) is 7.25. The van der Waals surface area contributed by atoms with Crippen LogP contribution in [0.2, 0.25) is 10.0 Å². The molecule has 1 N–H and O–H groups in total. The Hall–Kier alpha value is -0.970. The van der Waals surface area contributed by atoms with Crippen LogP contribution in [0.15, 0.2) is 18.2 Å². The fraction of sp³-hybridized carbons (Fsp3) is 0.611. The van der Waals surface area contributed by atoms with E-state index in [9.17, 15) is 4.79 Å². The van der Waals surface area contributed by atoms with Gasteiger partial charge in [-0.05, 0) is 51.3 Å². The molecule has 0 saturated carbocycles. The minimum atomic E-state index is -0.466. The SMILES string of the molecule is CC(C)(C)OC(=O)N1CCCCC(NCc2ccc(Cl)c(Cl)c2)C1. The molecule has 1 atom stereocenters. The second-order valence-corrected chi connectivity index (χ2v) is 8.06. The van der Waals surface area contributed by atoms with Crippen LogP contribution in [-0.2, 0) is 11.3 Å². The van der Waals surface area contributed by atoms with Crippen LogP contribution in [0, 0.1) is 0 Å². The van der Waals surface area contributed by atoms with Gasteiger partial charge in [-0.15, -0.1) is 0 Å². The molecule has 1 fully saturated rings. The Morgan fingerprint density at radius 2 is 2.04 bits per heavy atom. The summed E-state index contributed by atoms with van der Waals surface area (Å²) in [6.45, 7) is 7.79. The smallest absolute Gasteiger partial charge is 0.410 e. The van der Waals surface area contributed by atoms with Crippen molar-refractivity contribution < 1.29 is 9.53 Å². The molecule has 2 rings (SSSR count). The van der Waals surface area contributed by atoms with Gasteiger partial charge in [0.2, 0.25) is 0 Å². The van der Waals surface area contributed by atoms with Gasteiger partial charge in [-0.2, -0.15) is 0 Å². The number of halogens is 2. The van der Waals surface area contributed by atoms with E-state index in [0.29, 0.717) is 23.1 Å². The Morgan fingerprint density at radius 1 is 1.29 bits per heavy atom. The zero-order valence-electron chi connectivity index (χ0n) is 14.6. The number of amides is 1. The molecule has 1 aromatic rings. The van der Waals surface area contributed by atoms with Crippen molar-refractivity contribution in [3.8, 4) is 0 Å². The maximum Gasteiger partial charge on any atom is 0.410 e. The van der Waals surface area contributed by atoms with Gasteiger partial charge in [0.05, 0.1) is 10.0 Å². The number of ether oxygens (including phenoxy) is 1. The molecule has 24 heavy (non-hydrogen) atoms. The highest BCUT2D eigenvalue weighted by Gasteiger charge is 2.26. The van der Waals surface area contributed by atoms with Crippen LogP contribution in [0.5, 0.6) is 0 Å². The number of rotatable bonds is 3. The van der Waals surface area contributed by atoms with Gasteiger partial charge < -0.3 is 15.0 Å². The molecule has 1 amide bonds. The number of hydrogen-bond acceptors (Lipinski definition) is 3. The molecule has 1 aliphatic heterocycles. The molecule has 1 aliphatic rings. The molecule has 1 heterocycles. The van der Waals surface area contributed by atoms with Crippen molar-refractivity contribution >= 4 is 29.3 Å². The lowest BCUT2D eigenvalue weighted by Gasteiger charge is -2.28. The van der Waals surface area contributed by atoms with Crippen molar-refractivity contribution in [3.05, 3.63) is 33.8 Å². The Morgan fingerprint density at radius 3 is 2.71 bits per heavy atom. The van der Waals surface area contributed by atoms with Crippen LogP contribution >= 0.6 is 23.2 Å². The summed E-state index contributed by atoms with van der Waals surface area (Å²) in [6, 6.07) is 5.89. The monoisotopic (exact) mass is 372 g/mol. The number of hydrogen-bond donors (Lipinski definition) is 1. The molecule has 6 heteroatoms. The third-order valence-corrected chi connectivity index (χ3v) is 4.64. The first-order chi connectivity index (χ1) is 11.2. The van der Waals surface area contributed by atoms with E-state index < -0.39 is 5.60 Å². The summed E-state index contributed by atoms with van der Waals surface area (Å²) in [4.78, 5) is 14.1. The largest absolute Gasteiger partial charge is 0.444 e. The van der Waals surface area contributed by atoms with E-state index in [1.807, 2.05) is 37.8 Å². The quantitative estimate of drug-likeness (QED) is 0.822. The molecule has 0 aromatic heterocycles. The minimum absolute atomic E-state index is 0.231. The lowest BCUT2D eigenvalue weighted by Crippen LogP contribution is -2.44. The van der Waals surface area contributed by atoms with Crippen molar-refractivity contribution in [1.82, 2.24) is 10.2 Å². The molecule has 0 spiro atoms. The van der Waals surface area contributed by atoms with E-state index in [1.165, 1.54) is 0 Å². The van der Waals surface area contributed by atoms with Crippen LogP contribution in [-0.4, -0.2) is 35.7 Å². The summed E-state index contributed by atoms with van der Waals surface area (Å²) >= 11 is 12.0. The number of nitrogens with one attached hydrogen (secondary N) is 1. The standard InChI is InChI=1S/C18H26Cl2N2O2/c1-18(2,3)24-17(23)22-9-5-4-6-14(12-22)21-11-13-7-8-15(19)16(20)10-13/h7-8,10,14,21H,4-6,9,11-12H2,1-3H3. The molecule has 1 unspecified atom stereocenters. The Balaban J connectivity index is 1.92. The maximum atomic E-state index is 12.3. The van der Waals surface area contributed by atoms with Gasteiger partial charge in [0, 0.05) is 25.7 Å². The van der Waals surface area contributed by atoms with E-state index in [0.717, 1.165) is 31.4 Å². The summed E-state index contributed by atoms with van der Waals surface area (Å²) in [5.41, 5.74) is 0.615. The van der Waals surface area contributed by atoms with Crippen molar-refractivity contribution in [2.45, 2.75) is 58.2 Å². The molecule has 134 valence electrons. The number of nitrogens with zero attached hydrogens (tertiary/aromatic N) is 1. The number of carbonyl (C=O) groups excluding carboxylic acids is 1. The highest BCUT2D eigenvalue weighted by atomic mass is 35.5. The summed E-state index contributed by atoms with van der Waals surface area (Å²) in [5, 5.41) is 4.64. The van der Waals surface area contributed by atoms with Crippen molar-refractivity contribution in [2.24, 2.45) is 0 Å². The van der Waals surface area contributed by atoms with E-state index in [2.05, 4.69) is 5.32 Å². The highest BCUT2D eigenvalue weighted by molar-refractivity contribution is 6.42. The van der Waals surface area contributed by atoms with Gasteiger partial charge in [0.1, 0.15) is 5.60 Å². The molecular weight excluding hydrogens is 347 g/mol. The normalized spacial score (nSPS) is 19.0. The van der Waals surface area contributed by atoms with Crippen LogP contribution < -0.4 is 5.32 Å². The molecular formula is C18H26Cl2N2O2. The first-order valence-corrected chi connectivity index (χ1v) is 9.15. The average molecular weight is 373 g/mol. The fourth-order valence-corrected chi connectivity index (χ4v) is 3.03. The summed E-state index contributed by atoms with van der Waals surface area (Å²) in [7, 11) is 0. The van der Waals surface area contributed by atoms with Crippen LogP contribution in [0.1, 0.15) is 45.6 Å². The molecule has 0 radical (unpaired) electrons. The topological polar surface area (TPSA) is 41.6 Å². The van der Waals surface area contributed by atoms with Gasteiger partial charge in [-0.25, -0.2) is 4.79 Å². The lowest BCUT2D eigenvalue weighted by molar-refractivity contribution is 0.0243. The van der Waals surface area contributed by atoms with Crippen molar-refractivity contribution in [2.75, 3.05) is 13.1 Å². The third-order valence-electron chi connectivity index (χ3n) is 3.90. The van der Waals surface area contributed by atoms with E-state index in [4.69, 9.17) is 27.9 Å². The van der Waals surface area contributed by atoms with Gasteiger partial charge in [0.15, 0.2) is 0 Å². The Kier molecular flexibility index (Phi) is 6.79. The third kappa shape index (κ3) is 6.15. The molecule has 4 nitrogen and oxygen atoms in total. The molecule has 0 bridgehead atoms. The molecule has 1 aromatic carbocycles. The number of benzene rings is 1. The fourth-order valence-electron chi connectivity index (χ4n) is 2.71. The first-order valence-electron chi connectivity index (χ1n) is 8.40. The van der Waals surface area contributed by atoms with Gasteiger partial charge in [-0.3, -0.25) is 0 Å². The van der Waals surface area contributed by atoms with E-state index in [-0.39, 0.29) is 12.1 Å². The zero-order chi connectivity index (χ0) is 17.7. The van der Waals surface area contributed by atoms with Crippen LogP contribution in [0.3, 0.4) is 0 Å². The van der Waals surface area contributed by atoms with Crippen molar-refractivity contribution in [3.63, 3.8) is 0 Å². The molecule has 0 aliphatic carbocycles. The second kappa shape index (κ2) is 8.41. The Labute approximate surface area is 154 Å². The molecule has 1 saturated heterocycles. The number of carbonyl (C=O) groups is 1. The van der Waals surface area contributed by atoms with Crippen LogP contribution in [0.4, 0.5) is 4.79 Å². The van der Waals surface area contributed by atoms with Gasteiger partial charge in [0.25, 0.3) is 0 Å². The first kappa shape index (κ1) is 19.4. The predicted octanol–water partition coefficient (Wildman–Crippen LogP) is 4.87. The summed E-state index contributed by atoms with van der Waals surface area (Å²) in [5.74, 6) is 0. The van der Waals surface area contributed by atoms with Gasteiger partial charge in [-0.1, -0.05) is 35.7 Å². The van der Waals surface area contributed by atoms with Crippen molar-refractivity contribution in [1.29, 1.82) is 0 Å². The van der Waals surface area contributed by atoms with E-state index >= 15 is 0 Å². The number of likely N-dealkylation sites (tertiary alicyclic amines) is 1. The predicted molar refractivity (Wildman–Crippen MR) is 98.7 cm³/mol. The highest BCUT2D eigenvalue weighted by Crippen LogP contribution is 2.23. The summed E-state index contributed by atoms with van der Waals surface area (Å²) in [6.07, 6.45) is 2.91.